The topological polar surface area (TPSA) is 59.9 Å². The zero-order chi connectivity index (χ0) is 18.1. The Morgan fingerprint density at radius 3 is 2.42 bits per heavy atom. The van der Waals surface area contributed by atoms with Gasteiger partial charge in [-0.05, 0) is 87.0 Å². The van der Waals surface area contributed by atoms with Crippen molar-refractivity contribution in [2.45, 2.75) is 45.4 Å². The molecule has 0 unspecified atom stereocenters. The first-order valence-corrected chi connectivity index (χ1v) is 9.76. The number of nitrogens with one attached hydrogen (secondary N) is 1. The Hall–Kier alpha value is -2.04. The molecule has 5 nitrogen and oxygen atoms in total. The first-order chi connectivity index (χ1) is 12.6. The molecule has 4 saturated carbocycles. The van der Waals surface area contributed by atoms with Gasteiger partial charge < -0.3 is 9.47 Å². The van der Waals surface area contributed by atoms with E-state index in [4.69, 9.17) is 9.47 Å². The van der Waals surface area contributed by atoms with Crippen molar-refractivity contribution >= 4 is 12.1 Å². The lowest BCUT2D eigenvalue weighted by Gasteiger charge is -2.55. The zero-order valence-electron chi connectivity index (χ0n) is 15.7. The highest BCUT2D eigenvalue weighted by Crippen LogP contribution is 2.60. The van der Waals surface area contributed by atoms with Gasteiger partial charge in [-0.1, -0.05) is 0 Å². The van der Waals surface area contributed by atoms with E-state index in [1.54, 1.807) is 13.3 Å². The lowest BCUT2D eigenvalue weighted by molar-refractivity contribution is -0.146. The molecule has 1 amide bonds. The van der Waals surface area contributed by atoms with Gasteiger partial charge in [0, 0.05) is 0 Å². The van der Waals surface area contributed by atoms with Gasteiger partial charge in [-0.3, -0.25) is 4.79 Å². The van der Waals surface area contributed by atoms with E-state index in [1.165, 1.54) is 19.3 Å². The molecule has 4 bridgehead atoms. The van der Waals surface area contributed by atoms with E-state index in [0.29, 0.717) is 18.1 Å². The molecule has 0 radical (unpaired) electrons. The fourth-order valence-electron chi connectivity index (χ4n) is 5.71. The molecule has 0 aromatic heterocycles. The van der Waals surface area contributed by atoms with Crippen molar-refractivity contribution in [2.24, 2.45) is 28.3 Å². The molecule has 0 spiro atoms. The summed E-state index contributed by atoms with van der Waals surface area (Å²) in [6.45, 7) is 2.53. The molecule has 1 aromatic carbocycles. The number of hydrogen-bond donors (Lipinski definition) is 1. The van der Waals surface area contributed by atoms with Crippen molar-refractivity contribution in [3.63, 3.8) is 0 Å². The van der Waals surface area contributed by atoms with Crippen LogP contribution in [0.4, 0.5) is 0 Å². The summed E-state index contributed by atoms with van der Waals surface area (Å²) < 4.78 is 10.9. The summed E-state index contributed by atoms with van der Waals surface area (Å²) in [6, 6.07) is 5.64. The Bertz CT molecular complexity index is 678. The van der Waals surface area contributed by atoms with E-state index >= 15 is 0 Å². The molecule has 0 atom stereocenters. The fourth-order valence-corrected chi connectivity index (χ4v) is 5.71. The van der Waals surface area contributed by atoms with Crippen LogP contribution in [0.1, 0.15) is 51.0 Å². The summed E-state index contributed by atoms with van der Waals surface area (Å²) >= 11 is 0. The average Bonchev–Trinajstić information content (AvgIpc) is 2.61. The zero-order valence-corrected chi connectivity index (χ0v) is 15.7. The van der Waals surface area contributed by atoms with Crippen LogP contribution in [-0.2, 0) is 4.79 Å². The van der Waals surface area contributed by atoms with Gasteiger partial charge in [-0.15, -0.1) is 0 Å². The molecule has 140 valence electrons. The molecule has 4 aliphatic rings. The summed E-state index contributed by atoms with van der Waals surface area (Å²) in [5, 5.41) is 4.23. The van der Waals surface area contributed by atoms with Gasteiger partial charge in [-0.2, -0.15) is 5.10 Å². The summed E-state index contributed by atoms with van der Waals surface area (Å²) in [4.78, 5) is 12.9. The first kappa shape index (κ1) is 17.4. The maximum Gasteiger partial charge on any atom is 0.246 e. The van der Waals surface area contributed by atoms with Crippen LogP contribution < -0.4 is 14.9 Å². The smallest absolute Gasteiger partial charge is 0.246 e. The fraction of sp³-hybridized carbons (Fsp3) is 0.619. The number of benzene rings is 1. The Labute approximate surface area is 155 Å². The predicted molar refractivity (Wildman–Crippen MR) is 101 cm³/mol. The molecule has 4 aliphatic carbocycles. The number of amides is 1. The van der Waals surface area contributed by atoms with Gasteiger partial charge in [0.15, 0.2) is 11.5 Å². The molecule has 5 heteroatoms. The molecular formula is C21H28N2O3. The van der Waals surface area contributed by atoms with E-state index in [9.17, 15) is 4.79 Å². The molecule has 5 rings (SSSR count). The molecule has 4 fully saturated rings. The van der Waals surface area contributed by atoms with Crippen LogP contribution in [0.15, 0.2) is 23.3 Å². The van der Waals surface area contributed by atoms with Gasteiger partial charge in [-0.25, -0.2) is 5.43 Å². The Kier molecular flexibility index (Phi) is 4.63. The Morgan fingerprint density at radius 2 is 1.85 bits per heavy atom. The van der Waals surface area contributed by atoms with Gasteiger partial charge >= 0.3 is 0 Å². The quantitative estimate of drug-likeness (QED) is 0.624. The highest BCUT2D eigenvalue weighted by Gasteiger charge is 2.54. The van der Waals surface area contributed by atoms with Crippen molar-refractivity contribution in [1.29, 1.82) is 0 Å². The van der Waals surface area contributed by atoms with Crippen LogP contribution in [-0.4, -0.2) is 25.8 Å². The number of methoxy groups -OCH3 is 1. The molecule has 0 aliphatic heterocycles. The number of hydrogen-bond acceptors (Lipinski definition) is 4. The van der Waals surface area contributed by atoms with Gasteiger partial charge in [0.2, 0.25) is 5.91 Å². The van der Waals surface area contributed by atoms with E-state index in [1.807, 2.05) is 25.1 Å². The Morgan fingerprint density at radius 1 is 1.19 bits per heavy atom. The maximum absolute atomic E-state index is 12.9. The van der Waals surface area contributed by atoms with E-state index in [-0.39, 0.29) is 11.3 Å². The van der Waals surface area contributed by atoms with E-state index < -0.39 is 0 Å². The van der Waals surface area contributed by atoms with Crippen molar-refractivity contribution < 1.29 is 14.3 Å². The number of rotatable bonds is 6. The molecule has 1 aromatic rings. The third kappa shape index (κ3) is 3.19. The lowest BCUT2D eigenvalue weighted by atomic mass is 9.49. The second kappa shape index (κ2) is 6.93. The number of hydrazone groups is 1. The van der Waals surface area contributed by atoms with Crippen LogP contribution in [0.3, 0.4) is 0 Å². The van der Waals surface area contributed by atoms with Crippen molar-refractivity contribution in [1.82, 2.24) is 5.43 Å². The molecule has 1 N–H and O–H groups in total. The monoisotopic (exact) mass is 356 g/mol. The summed E-state index contributed by atoms with van der Waals surface area (Å²) in [5.74, 6) is 3.77. The van der Waals surface area contributed by atoms with Crippen LogP contribution >= 0.6 is 0 Å². The SMILES string of the molecule is CCOc1ccc(/C=N/NC(=O)C23CC4CC(CC(C4)C2)C3)cc1OC. The second-order valence-electron chi connectivity index (χ2n) is 8.24. The largest absolute Gasteiger partial charge is 0.493 e. The summed E-state index contributed by atoms with van der Waals surface area (Å²) in [6.07, 6.45) is 8.84. The van der Waals surface area contributed by atoms with Crippen molar-refractivity contribution in [3.05, 3.63) is 23.8 Å². The van der Waals surface area contributed by atoms with Crippen LogP contribution in [0, 0.1) is 23.2 Å². The van der Waals surface area contributed by atoms with Gasteiger partial charge in [0.25, 0.3) is 0 Å². The Balaban J connectivity index is 1.41. The lowest BCUT2D eigenvalue weighted by Crippen LogP contribution is -2.52. The van der Waals surface area contributed by atoms with Crippen molar-refractivity contribution in [3.8, 4) is 11.5 Å². The normalized spacial score (nSPS) is 32.0. The van der Waals surface area contributed by atoms with Gasteiger partial charge in [0.1, 0.15) is 0 Å². The highest BCUT2D eigenvalue weighted by atomic mass is 16.5. The number of nitrogens with zero attached hydrogens (tertiary/aromatic N) is 1. The highest BCUT2D eigenvalue weighted by molar-refractivity contribution is 5.86. The number of carbonyl (C=O) groups is 1. The van der Waals surface area contributed by atoms with Crippen LogP contribution in [0.5, 0.6) is 11.5 Å². The third-order valence-electron chi connectivity index (χ3n) is 6.39. The predicted octanol–water partition coefficient (Wildman–Crippen LogP) is 3.76. The minimum absolute atomic E-state index is 0.116. The number of ether oxygens (including phenoxy) is 2. The molecule has 0 heterocycles. The third-order valence-corrected chi connectivity index (χ3v) is 6.39. The maximum atomic E-state index is 12.9. The first-order valence-electron chi connectivity index (χ1n) is 9.76. The second-order valence-corrected chi connectivity index (χ2v) is 8.24. The van der Waals surface area contributed by atoms with Crippen LogP contribution in [0.25, 0.3) is 0 Å². The molecular weight excluding hydrogens is 328 g/mol. The van der Waals surface area contributed by atoms with Crippen LogP contribution in [0.2, 0.25) is 0 Å². The van der Waals surface area contributed by atoms with E-state index in [0.717, 1.165) is 42.6 Å². The summed E-state index contributed by atoms with van der Waals surface area (Å²) in [5.41, 5.74) is 3.53. The molecule has 26 heavy (non-hydrogen) atoms. The summed E-state index contributed by atoms with van der Waals surface area (Å²) in [7, 11) is 1.62. The van der Waals surface area contributed by atoms with Gasteiger partial charge in [0.05, 0.1) is 25.3 Å². The standard InChI is InChI=1S/C21H28N2O3/c1-3-26-18-5-4-14(9-19(18)25-2)13-22-23-20(24)21-10-15-6-16(11-21)8-17(7-15)12-21/h4-5,9,13,15-17H,3,6-8,10-12H2,1-2H3,(H,23,24)/b22-13+. The number of carbonyl (C=O) groups excluding carboxylic acids is 1. The van der Waals surface area contributed by atoms with Crippen molar-refractivity contribution in [2.75, 3.05) is 13.7 Å². The van der Waals surface area contributed by atoms with E-state index in [2.05, 4.69) is 10.5 Å². The molecule has 0 saturated heterocycles. The minimum Gasteiger partial charge on any atom is -0.493 e. The average molecular weight is 356 g/mol. The minimum atomic E-state index is -0.164.